The number of hydrogen-bond acceptors (Lipinski definition) is 4. The van der Waals surface area contributed by atoms with Gasteiger partial charge in [0.1, 0.15) is 12.7 Å². The number of imidazole rings is 2. The van der Waals surface area contributed by atoms with Crippen molar-refractivity contribution in [1.82, 2.24) is 19.3 Å². The monoisotopic (exact) mass is 407 g/mol. The summed E-state index contributed by atoms with van der Waals surface area (Å²) in [5.41, 5.74) is 0. The first-order chi connectivity index (χ1) is 8.61. The predicted molar refractivity (Wildman–Crippen MR) is 92.0 cm³/mol. The molecular formula is C12H21Br2N6. The quantitative estimate of drug-likeness (QED) is 0.754. The van der Waals surface area contributed by atoms with E-state index in [-0.39, 0.29) is 46.0 Å². The highest BCUT2D eigenvalue weighted by molar-refractivity contribution is 8.93. The molecule has 0 bridgehead atoms. The lowest BCUT2D eigenvalue weighted by Gasteiger charge is -2.37. The van der Waals surface area contributed by atoms with E-state index in [2.05, 4.69) is 28.8 Å². The number of likely N-dealkylation sites (N-methyl/N-ethyl adjacent to an activating group) is 2. The van der Waals surface area contributed by atoms with E-state index in [9.17, 15) is 0 Å². The third-order valence-electron chi connectivity index (χ3n) is 3.34. The fraction of sp³-hybridized carbons (Fsp3) is 0.417. The molecule has 0 aromatic carbocycles. The molecule has 113 valence electrons. The molecule has 2 atom stereocenters. The predicted octanol–water partition coefficient (Wildman–Crippen LogP) is 1.66. The lowest BCUT2D eigenvalue weighted by Crippen LogP contribution is -2.53. The maximum absolute atomic E-state index is 4.23. The Hall–Kier alpha value is -1.02. The van der Waals surface area contributed by atoms with Crippen LogP contribution in [0.2, 0.25) is 0 Å². The summed E-state index contributed by atoms with van der Waals surface area (Å²) in [6, 6.07) is 0.290. The third kappa shape index (κ3) is 3.99. The Morgan fingerprint density at radius 3 is 1.80 bits per heavy atom. The molecule has 0 amide bonds. The van der Waals surface area contributed by atoms with Crippen molar-refractivity contribution in [3.63, 3.8) is 0 Å². The first kappa shape index (κ1) is 19.0. The molecule has 2 unspecified atom stereocenters. The highest BCUT2D eigenvalue weighted by atomic mass is 79.9. The van der Waals surface area contributed by atoms with Crippen molar-refractivity contribution in [3.05, 3.63) is 44.4 Å². The molecule has 0 aliphatic rings. The zero-order valence-corrected chi connectivity index (χ0v) is 15.3. The standard InChI is InChI=1S/C12H19N6.2BrH/c1-11(15(3)17-7-5-13-9-17)12(2)16(4)18-8-6-14-10-18;;/h5-12H,1H2,2-4H3;2*1H. The van der Waals surface area contributed by atoms with Gasteiger partial charge >= 0.3 is 0 Å². The van der Waals surface area contributed by atoms with Crippen LogP contribution in [0, 0.1) is 6.92 Å². The fourth-order valence-corrected chi connectivity index (χ4v) is 1.82. The van der Waals surface area contributed by atoms with Crippen molar-refractivity contribution < 1.29 is 0 Å². The maximum atomic E-state index is 4.23. The second-order valence-corrected chi connectivity index (χ2v) is 4.34. The molecule has 0 fully saturated rings. The molecule has 0 N–H and O–H groups in total. The second-order valence-electron chi connectivity index (χ2n) is 4.34. The molecule has 1 radical (unpaired) electrons. The highest BCUT2D eigenvalue weighted by Crippen LogP contribution is 2.06. The number of halogens is 2. The van der Waals surface area contributed by atoms with Gasteiger partial charge in [0.15, 0.2) is 0 Å². The summed E-state index contributed by atoms with van der Waals surface area (Å²) < 4.78 is 3.88. The van der Waals surface area contributed by atoms with Gasteiger partial charge in [-0.2, -0.15) is 0 Å². The van der Waals surface area contributed by atoms with Gasteiger partial charge in [-0.05, 0) is 13.8 Å². The fourth-order valence-electron chi connectivity index (χ4n) is 1.82. The minimum absolute atomic E-state index is 0. The summed E-state index contributed by atoms with van der Waals surface area (Å²) in [5.74, 6) is 0. The molecule has 6 nitrogen and oxygen atoms in total. The van der Waals surface area contributed by atoms with Crippen LogP contribution in [0.5, 0.6) is 0 Å². The maximum Gasteiger partial charge on any atom is 0.114 e. The summed E-state index contributed by atoms with van der Waals surface area (Å²) in [5, 5.41) is 4.14. The van der Waals surface area contributed by atoms with Crippen LogP contribution in [-0.2, 0) is 0 Å². The molecule has 0 aliphatic heterocycles. The van der Waals surface area contributed by atoms with Crippen molar-refractivity contribution in [2.75, 3.05) is 24.1 Å². The van der Waals surface area contributed by atoms with E-state index in [4.69, 9.17) is 0 Å². The molecule has 8 heteroatoms. The van der Waals surface area contributed by atoms with Crippen molar-refractivity contribution in [3.8, 4) is 0 Å². The summed E-state index contributed by atoms with van der Waals surface area (Å²) in [6.07, 6.45) is 10.9. The minimum atomic E-state index is 0. The first-order valence-corrected chi connectivity index (χ1v) is 5.86. The lowest BCUT2D eigenvalue weighted by atomic mass is 10.1. The number of rotatable bonds is 5. The van der Waals surface area contributed by atoms with Crippen LogP contribution in [0.1, 0.15) is 6.92 Å². The van der Waals surface area contributed by atoms with Crippen LogP contribution in [0.3, 0.4) is 0 Å². The average Bonchev–Trinajstić information content (AvgIpc) is 3.06. The van der Waals surface area contributed by atoms with Crippen molar-refractivity contribution in [1.29, 1.82) is 0 Å². The van der Waals surface area contributed by atoms with Crippen LogP contribution in [0.15, 0.2) is 37.4 Å². The van der Waals surface area contributed by atoms with Gasteiger partial charge < -0.3 is 10.0 Å². The van der Waals surface area contributed by atoms with Crippen LogP contribution in [0.25, 0.3) is 0 Å². The SMILES string of the molecule is Br.Br.[CH2]C(C(C)N(C)n1ccnc1)N(C)n1ccnc1. The van der Waals surface area contributed by atoms with Gasteiger partial charge in [0.2, 0.25) is 0 Å². The van der Waals surface area contributed by atoms with Crippen LogP contribution < -0.4 is 10.0 Å². The van der Waals surface area contributed by atoms with Gasteiger partial charge in [-0.1, -0.05) is 0 Å². The van der Waals surface area contributed by atoms with E-state index in [1.54, 1.807) is 25.0 Å². The first-order valence-electron chi connectivity index (χ1n) is 5.86. The number of nitrogens with zero attached hydrogens (tertiary/aromatic N) is 6. The van der Waals surface area contributed by atoms with Crippen LogP contribution >= 0.6 is 34.0 Å². The topological polar surface area (TPSA) is 42.1 Å². The van der Waals surface area contributed by atoms with Gasteiger partial charge in [0.05, 0.1) is 12.1 Å². The smallest absolute Gasteiger partial charge is 0.114 e. The molecule has 0 aliphatic carbocycles. The Kier molecular flexibility index (Phi) is 7.88. The summed E-state index contributed by atoms with van der Waals surface area (Å²) in [6.45, 7) is 6.36. The van der Waals surface area contributed by atoms with Crippen molar-refractivity contribution in [2.24, 2.45) is 0 Å². The summed E-state index contributed by atoms with van der Waals surface area (Å²) >= 11 is 0. The molecule has 0 spiro atoms. The van der Waals surface area contributed by atoms with Gasteiger partial charge in [-0.15, -0.1) is 34.0 Å². The van der Waals surface area contributed by atoms with E-state index in [0.717, 1.165) is 0 Å². The molecule has 2 aromatic rings. The molecule has 2 heterocycles. The number of hydrogen-bond donors (Lipinski definition) is 0. The lowest BCUT2D eigenvalue weighted by molar-refractivity contribution is 0.442. The molecule has 0 saturated heterocycles. The average molecular weight is 409 g/mol. The van der Waals surface area contributed by atoms with E-state index >= 15 is 0 Å². The van der Waals surface area contributed by atoms with E-state index < -0.39 is 0 Å². The van der Waals surface area contributed by atoms with Gasteiger partial charge in [-0.3, -0.25) is 9.35 Å². The summed E-state index contributed by atoms with van der Waals surface area (Å²) in [7, 11) is 4.02. The molecule has 20 heavy (non-hydrogen) atoms. The van der Waals surface area contributed by atoms with Crippen molar-refractivity contribution in [2.45, 2.75) is 19.0 Å². The minimum Gasteiger partial charge on any atom is -0.310 e. The summed E-state index contributed by atoms with van der Waals surface area (Å²) in [4.78, 5) is 8.10. The molecular weight excluding hydrogens is 388 g/mol. The zero-order valence-electron chi connectivity index (χ0n) is 11.8. The Bertz CT molecular complexity index is 414. The van der Waals surface area contributed by atoms with E-state index in [1.165, 1.54) is 0 Å². The largest absolute Gasteiger partial charge is 0.310 e. The Labute approximate surface area is 140 Å². The van der Waals surface area contributed by atoms with Gasteiger partial charge in [0.25, 0.3) is 0 Å². The van der Waals surface area contributed by atoms with E-state index in [1.807, 2.05) is 40.9 Å². The zero-order chi connectivity index (χ0) is 13.1. The highest BCUT2D eigenvalue weighted by Gasteiger charge is 2.21. The third-order valence-corrected chi connectivity index (χ3v) is 3.34. The van der Waals surface area contributed by atoms with Crippen LogP contribution in [-0.4, -0.2) is 45.5 Å². The Morgan fingerprint density at radius 2 is 1.40 bits per heavy atom. The molecule has 0 saturated carbocycles. The molecule has 2 aromatic heterocycles. The van der Waals surface area contributed by atoms with Gasteiger partial charge in [0, 0.05) is 38.9 Å². The molecule has 2 rings (SSSR count). The Balaban J connectivity index is 0.00000180. The van der Waals surface area contributed by atoms with Crippen molar-refractivity contribution >= 4 is 34.0 Å². The normalized spacial score (nSPS) is 12.8. The second kappa shape index (κ2) is 8.31. The van der Waals surface area contributed by atoms with Crippen LogP contribution in [0.4, 0.5) is 0 Å². The van der Waals surface area contributed by atoms with Gasteiger partial charge in [-0.25, -0.2) is 9.97 Å². The Morgan fingerprint density at radius 1 is 0.950 bits per heavy atom. The van der Waals surface area contributed by atoms with E-state index in [0.29, 0.717) is 0 Å². The number of aromatic nitrogens is 4.